The average Bonchev–Trinajstić information content (AvgIpc) is 3.17. The Hall–Kier alpha value is -1.84. The molecule has 0 saturated heterocycles. The van der Waals surface area contributed by atoms with Gasteiger partial charge in [0.25, 0.3) is 5.91 Å². The second-order valence-corrected chi connectivity index (χ2v) is 8.04. The number of hydrogen-bond acceptors (Lipinski definition) is 3. The summed E-state index contributed by atoms with van der Waals surface area (Å²) in [6, 6.07) is 5.99. The molecule has 4 heteroatoms. The van der Waals surface area contributed by atoms with Crippen LogP contribution in [0.4, 0.5) is 5.69 Å². The average molecular weight is 343 g/mol. The van der Waals surface area contributed by atoms with Crippen molar-refractivity contribution < 1.29 is 14.3 Å². The van der Waals surface area contributed by atoms with E-state index in [0.717, 1.165) is 29.2 Å². The normalized spacial score (nSPS) is 24.6. The number of ether oxygens (including phenoxy) is 1. The molecule has 2 aliphatic rings. The van der Waals surface area contributed by atoms with Crippen molar-refractivity contribution in [3.63, 3.8) is 0 Å². The highest BCUT2D eigenvalue weighted by atomic mass is 16.5. The van der Waals surface area contributed by atoms with E-state index in [1.807, 2.05) is 25.1 Å². The van der Waals surface area contributed by atoms with Gasteiger partial charge in [-0.1, -0.05) is 38.5 Å². The predicted molar refractivity (Wildman–Crippen MR) is 98.4 cm³/mol. The molecule has 0 aromatic heterocycles. The number of rotatable bonds is 6. The molecular formula is C21H29NO3. The fourth-order valence-corrected chi connectivity index (χ4v) is 4.56. The van der Waals surface area contributed by atoms with Gasteiger partial charge < -0.3 is 10.1 Å². The molecule has 2 saturated carbocycles. The molecule has 25 heavy (non-hydrogen) atoms. The molecule has 2 bridgehead atoms. The highest BCUT2D eigenvalue weighted by molar-refractivity contribution is 5.94. The van der Waals surface area contributed by atoms with Gasteiger partial charge in [-0.05, 0) is 61.0 Å². The number of hydrogen-bond donors (Lipinski definition) is 1. The van der Waals surface area contributed by atoms with Crippen molar-refractivity contribution >= 4 is 17.6 Å². The van der Waals surface area contributed by atoms with Gasteiger partial charge in [0.15, 0.2) is 6.61 Å². The van der Waals surface area contributed by atoms with Gasteiger partial charge in [-0.15, -0.1) is 0 Å². The van der Waals surface area contributed by atoms with Gasteiger partial charge in [0, 0.05) is 12.1 Å². The summed E-state index contributed by atoms with van der Waals surface area (Å²) in [5, 5.41) is 2.92. The van der Waals surface area contributed by atoms with Crippen LogP contribution in [0.1, 0.15) is 63.0 Å². The number of fused-ring (bicyclic) bond motifs is 2. The number of benzene rings is 1. The quantitative estimate of drug-likeness (QED) is 0.778. The number of amides is 1. The first-order valence-electron chi connectivity index (χ1n) is 9.49. The van der Waals surface area contributed by atoms with E-state index in [2.05, 4.69) is 19.2 Å². The number of carbonyl (C=O) groups excluding carboxylic acids is 2. The lowest BCUT2D eigenvalue weighted by Crippen LogP contribution is -2.24. The zero-order valence-corrected chi connectivity index (χ0v) is 15.5. The first-order valence-corrected chi connectivity index (χ1v) is 9.49. The van der Waals surface area contributed by atoms with Crippen LogP contribution in [0.15, 0.2) is 18.2 Å². The molecule has 2 aliphatic carbocycles. The maximum atomic E-state index is 12.2. The molecule has 1 aromatic rings. The lowest BCUT2D eigenvalue weighted by Gasteiger charge is -2.20. The van der Waals surface area contributed by atoms with Crippen LogP contribution in [0, 0.1) is 24.7 Å². The molecule has 0 heterocycles. The van der Waals surface area contributed by atoms with Crippen molar-refractivity contribution in [2.45, 2.75) is 58.8 Å². The molecule has 0 spiro atoms. The molecule has 4 nitrogen and oxygen atoms in total. The summed E-state index contributed by atoms with van der Waals surface area (Å²) in [4.78, 5) is 24.3. The summed E-state index contributed by atoms with van der Waals surface area (Å²) in [5.74, 6) is 1.81. The van der Waals surface area contributed by atoms with Gasteiger partial charge >= 0.3 is 5.97 Å². The molecule has 3 atom stereocenters. The molecule has 0 aliphatic heterocycles. The second kappa shape index (κ2) is 7.59. The van der Waals surface area contributed by atoms with Gasteiger partial charge in [0.2, 0.25) is 0 Å². The van der Waals surface area contributed by atoms with Crippen LogP contribution in [-0.2, 0) is 14.3 Å². The van der Waals surface area contributed by atoms with Crippen molar-refractivity contribution in [3.8, 4) is 0 Å². The molecule has 2 fully saturated rings. The van der Waals surface area contributed by atoms with Crippen LogP contribution >= 0.6 is 0 Å². The minimum atomic E-state index is -0.266. The second-order valence-electron chi connectivity index (χ2n) is 8.04. The van der Waals surface area contributed by atoms with Crippen LogP contribution in [0.3, 0.4) is 0 Å². The topological polar surface area (TPSA) is 55.4 Å². The summed E-state index contributed by atoms with van der Waals surface area (Å²) >= 11 is 0. The Morgan fingerprint density at radius 2 is 2.04 bits per heavy atom. The largest absolute Gasteiger partial charge is 0.456 e. The van der Waals surface area contributed by atoms with Crippen molar-refractivity contribution in [1.82, 2.24) is 0 Å². The Labute approximate surface area is 150 Å². The maximum Gasteiger partial charge on any atom is 0.306 e. The van der Waals surface area contributed by atoms with E-state index >= 15 is 0 Å². The summed E-state index contributed by atoms with van der Waals surface area (Å²) in [5.41, 5.74) is 2.96. The van der Waals surface area contributed by atoms with Crippen LogP contribution < -0.4 is 5.32 Å². The van der Waals surface area contributed by atoms with Crippen LogP contribution in [-0.4, -0.2) is 18.5 Å². The number of nitrogens with one attached hydrogen (secondary N) is 1. The summed E-state index contributed by atoms with van der Waals surface area (Å²) in [6.07, 6.45) is 5.49. The van der Waals surface area contributed by atoms with E-state index in [0.29, 0.717) is 24.2 Å². The standard InChI is InChI=1S/C21H29NO3/c1-13(2)18-6-4-5-14(3)21(18)22-19(23)12-25-20(24)11-17-10-15-7-8-16(17)9-15/h4-6,13,15-17H,7-12H2,1-3H3,(H,22,23)/t15-,16-,17-/m1/s1. The first kappa shape index (κ1) is 18.0. The third kappa shape index (κ3) is 4.23. The number of esters is 1. The highest BCUT2D eigenvalue weighted by Crippen LogP contribution is 2.49. The number of para-hydroxylation sites is 1. The highest BCUT2D eigenvalue weighted by Gasteiger charge is 2.40. The summed E-state index contributed by atoms with van der Waals surface area (Å²) in [7, 11) is 0. The van der Waals surface area contributed by atoms with Crippen LogP contribution in [0.25, 0.3) is 0 Å². The minimum Gasteiger partial charge on any atom is -0.456 e. The summed E-state index contributed by atoms with van der Waals surface area (Å²) < 4.78 is 5.23. The smallest absolute Gasteiger partial charge is 0.306 e. The minimum absolute atomic E-state index is 0.203. The molecule has 0 unspecified atom stereocenters. The van der Waals surface area contributed by atoms with Crippen molar-refractivity contribution in [1.29, 1.82) is 0 Å². The fraction of sp³-hybridized carbons (Fsp3) is 0.619. The monoisotopic (exact) mass is 343 g/mol. The van der Waals surface area contributed by atoms with E-state index in [-0.39, 0.29) is 18.5 Å². The summed E-state index contributed by atoms with van der Waals surface area (Å²) in [6.45, 7) is 5.97. The predicted octanol–water partition coefficient (Wildman–Crippen LogP) is 4.43. The van der Waals surface area contributed by atoms with Gasteiger partial charge in [0.05, 0.1) is 0 Å². The van der Waals surface area contributed by atoms with Crippen molar-refractivity contribution in [2.75, 3.05) is 11.9 Å². The molecule has 3 rings (SSSR count). The van der Waals surface area contributed by atoms with Gasteiger partial charge in [0.1, 0.15) is 0 Å². The third-order valence-corrected chi connectivity index (χ3v) is 5.87. The van der Waals surface area contributed by atoms with E-state index < -0.39 is 0 Å². The Kier molecular flexibility index (Phi) is 5.45. The first-order chi connectivity index (χ1) is 11.9. The van der Waals surface area contributed by atoms with Crippen molar-refractivity contribution in [3.05, 3.63) is 29.3 Å². The fourth-order valence-electron chi connectivity index (χ4n) is 4.56. The van der Waals surface area contributed by atoms with Gasteiger partial charge in [-0.2, -0.15) is 0 Å². The lowest BCUT2D eigenvalue weighted by molar-refractivity contribution is -0.148. The molecule has 136 valence electrons. The Bertz CT molecular complexity index is 653. The Morgan fingerprint density at radius 1 is 1.24 bits per heavy atom. The number of anilines is 1. The molecule has 1 aromatic carbocycles. The van der Waals surface area contributed by atoms with E-state index in [1.54, 1.807) is 0 Å². The van der Waals surface area contributed by atoms with Gasteiger partial charge in [-0.25, -0.2) is 0 Å². The number of aryl methyl sites for hydroxylation is 1. The molecule has 1 amide bonds. The SMILES string of the molecule is Cc1cccc(C(C)C)c1NC(=O)COC(=O)C[C@H]1C[C@@H]2CC[C@@H]1C2. The zero-order chi connectivity index (χ0) is 18.0. The molecule has 0 radical (unpaired) electrons. The van der Waals surface area contributed by atoms with Gasteiger partial charge in [-0.3, -0.25) is 9.59 Å². The number of carbonyl (C=O) groups is 2. The van der Waals surface area contributed by atoms with Crippen molar-refractivity contribution in [2.24, 2.45) is 17.8 Å². The van der Waals surface area contributed by atoms with E-state index in [9.17, 15) is 9.59 Å². The maximum absolute atomic E-state index is 12.2. The van der Waals surface area contributed by atoms with E-state index in [1.165, 1.54) is 19.3 Å². The Balaban J connectivity index is 1.49. The molecular weight excluding hydrogens is 314 g/mol. The van der Waals surface area contributed by atoms with E-state index in [4.69, 9.17) is 4.74 Å². The Morgan fingerprint density at radius 3 is 2.68 bits per heavy atom. The van der Waals surface area contributed by atoms with Crippen LogP contribution in [0.5, 0.6) is 0 Å². The molecule has 1 N–H and O–H groups in total. The zero-order valence-electron chi connectivity index (χ0n) is 15.5. The lowest BCUT2D eigenvalue weighted by atomic mass is 9.86. The van der Waals surface area contributed by atoms with Crippen LogP contribution in [0.2, 0.25) is 0 Å². The third-order valence-electron chi connectivity index (χ3n) is 5.87.